The lowest BCUT2D eigenvalue weighted by Gasteiger charge is -2.10. The highest BCUT2D eigenvalue weighted by Gasteiger charge is 2.14. The van der Waals surface area contributed by atoms with Gasteiger partial charge < -0.3 is 5.32 Å². The van der Waals surface area contributed by atoms with Crippen molar-refractivity contribution >= 4 is 34.6 Å². The Morgan fingerprint density at radius 2 is 1.91 bits per heavy atom. The van der Waals surface area contributed by atoms with Gasteiger partial charge in [-0.25, -0.2) is 0 Å². The number of thiocarbonyl (C=S) groups is 1. The molecule has 112 valence electrons. The zero-order valence-corrected chi connectivity index (χ0v) is 12.5. The first-order valence-corrected chi connectivity index (χ1v) is 6.80. The number of amides is 1. The Labute approximate surface area is 132 Å². The molecule has 0 bridgehead atoms. The molecule has 2 aromatic carbocycles. The van der Waals surface area contributed by atoms with Crippen LogP contribution in [0.5, 0.6) is 0 Å². The number of para-hydroxylation sites is 2. The van der Waals surface area contributed by atoms with Crippen molar-refractivity contribution in [3.05, 3.63) is 69.8 Å². The van der Waals surface area contributed by atoms with Crippen molar-refractivity contribution in [2.45, 2.75) is 6.92 Å². The van der Waals surface area contributed by atoms with Gasteiger partial charge in [0.2, 0.25) is 0 Å². The van der Waals surface area contributed by atoms with Gasteiger partial charge in [-0.2, -0.15) is 0 Å². The molecule has 0 atom stereocenters. The van der Waals surface area contributed by atoms with E-state index < -0.39 is 4.92 Å². The largest absolute Gasteiger partial charge is 0.327 e. The molecule has 0 aliphatic heterocycles. The summed E-state index contributed by atoms with van der Waals surface area (Å²) in [6.07, 6.45) is 0. The first kappa shape index (κ1) is 15.6. The van der Waals surface area contributed by atoms with E-state index >= 15 is 0 Å². The molecule has 6 nitrogen and oxygen atoms in total. The second-order valence-corrected chi connectivity index (χ2v) is 4.96. The first-order chi connectivity index (χ1) is 10.5. The predicted molar refractivity (Wildman–Crippen MR) is 88.0 cm³/mol. The fourth-order valence-corrected chi connectivity index (χ4v) is 2.06. The molecule has 7 heteroatoms. The molecule has 22 heavy (non-hydrogen) atoms. The number of benzene rings is 2. The lowest BCUT2D eigenvalue weighted by Crippen LogP contribution is -2.34. The molecular weight excluding hydrogens is 302 g/mol. The maximum absolute atomic E-state index is 12.0. The van der Waals surface area contributed by atoms with Gasteiger partial charge >= 0.3 is 0 Å². The molecule has 0 spiro atoms. The molecule has 0 saturated heterocycles. The summed E-state index contributed by atoms with van der Waals surface area (Å²) in [7, 11) is 0. The van der Waals surface area contributed by atoms with Crippen LogP contribution < -0.4 is 10.6 Å². The van der Waals surface area contributed by atoms with Gasteiger partial charge in [0.15, 0.2) is 5.11 Å². The van der Waals surface area contributed by atoms with Crippen LogP contribution in [0.15, 0.2) is 48.5 Å². The van der Waals surface area contributed by atoms with Crippen LogP contribution in [-0.4, -0.2) is 15.9 Å². The lowest BCUT2D eigenvalue weighted by molar-refractivity contribution is -0.383. The molecule has 0 radical (unpaired) electrons. The van der Waals surface area contributed by atoms with E-state index in [-0.39, 0.29) is 22.4 Å². The summed E-state index contributed by atoms with van der Waals surface area (Å²) in [4.78, 5) is 22.4. The summed E-state index contributed by atoms with van der Waals surface area (Å²) < 4.78 is 0. The molecule has 0 aliphatic rings. The summed E-state index contributed by atoms with van der Waals surface area (Å²) in [6.45, 7) is 1.88. The third-order valence-electron chi connectivity index (χ3n) is 2.86. The fourth-order valence-electron chi connectivity index (χ4n) is 1.85. The van der Waals surface area contributed by atoms with Crippen LogP contribution in [0.2, 0.25) is 0 Å². The quantitative estimate of drug-likeness (QED) is 0.517. The molecule has 1 amide bonds. The average molecular weight is 315 g/mol. The number of rotatable bonds is 3. The van der Waals surface area contributed by atoms with Gasteiger partial charge in [-0.1, -0.05) is 29.8 Å². The summed E-state index contributed by atoms with van der Waals surface area (Å²) in [5, 5.41) is 16.1. The topological polar surface area (TPSA) is 84.3 Å². The second-order valence-electron chi connectivity index (χ2n) is 4.55. The van der Waals surface area contributed by atoms with E-state index in [0.29, 0.717) is 5.56 Å². The zero-order valence-electron chi connectivity index (χ0n) is 11.7. The molecule has 0 fully saturated rings. The molecule has 0 heterocycles. The van der Waals surface area contributed by atoms with Crippen LogP contribution in [-0.2, 0) is 0 Å². The highest BCUT2D eigenvalue weighted by molar-refractivity contribution is 7.80. The van der Waals surface area contributed by atoms with Gasteiger partial charge in [0.1, 0.15) is 5.69 Å². The highest BCUT2D eigenvalue weighted by Crippen LogP contribution is 2.22. The Balaban J connectivity index is 2.08. The number of hydrogen-bond donors (Lipinski definition) is 2. The summed E-state index contributed by atoms with van der Waals surface area (Å²) in [6, 6.07) is 13.1. The summed E-state index contributed by atoms with van der Waals surface area (Å²) in [5.74, 6) is -0.375. The summed E-state index contributed by atoms with van der Waals surface area (Å²) in [5.41, 5.74) is 1.52. The molecule has 0 saturated carbocycles. The maximum atomic E-state index is 12.0. The van der Waals surface area contributed by atoms with Gasteiger partial charge in [0.25, 0.3) is 11.6 Å². The Kier molecular flexibility index (Phi) is 4.80. The van der Waals surface area contributed by atoms with Crippen LogP contribution in [0.25, 0.3) is 0 Å². The van der Waals surface area contributed by atoms with Gasteiger partial charge in [-0.05, 0) is 37.3 Å². The van der Waals surface area contributed by atoms with E-state index in [1.807, 2.05) is 13.0 Å². The second kappa shape index (κ2) is 6.77. The normalized spacial score (nSPS) is 9.86. The van der Waals surface area contributed by atoms with Crippen LogP contribution in [0, 0.1) is 17.0 Å². The minimum absolute atomic E-state index is 0.000746. The third kappa shape index (κ3) is 3.86. The Morgan fingerprint density at radius 1 is 1.18 bits per heavy atom. The number of nitro benzene ring substituents is 1. The minimum atomic E-state index is -0.521. The number of carbonyl (C=O) groups excluding carboxylic acids is 1. The molecule has 0 aromatic heterocycles. The Hall–Kier alpha value is -2.80. The molecule has 2 N–H and O–H groups in total. The number of nitrogens with zero attached hydrogens (tertiary/aromatic N) is 1. The van der Waals surface area contributed by atoms with E-state index in [1.54, 1.807) is 30.3 Å². The average Bonchev–Trinajstić information content (AvgIpc) is 2.47. The summed E-state index contributed by atoms with van der Waals surface area (Å²) >= 11 is 5.03. The van der Waals surface area contributed by atoms with Crippen molar-refractivity contribution in [2.24, 2.45) is 0 Å². The van der Waals surface area contributed by atoms with E-state index in [4.69, 9.17) is 12.2 Å². The van der Waals surface area contributed by atoms with Crippen LogP contribution >= 0.6 is 12.2 Å². The molecule has 2 rings (SSSR count). The maximum Gasteiger partial charge on any atom is 0.292 e. The molecule has 2 aromatic rings. The number of anilines is 1. The van der Waals surface area contributed by atoms with Gasteiger partial charge in [0, 0.05) is 11.6 Å². The Bertz CT molecular complexity index is 746. The SMILES string of the molecule is Cc1cccc(C(=O)NC(=S)Nc2ccccc2[N+](=O)[O-])c1. The zero-order chi connectivity index (χ0) is 16.1. The smallest absolute Gasteiger partial charge is 0.292 e. The first-order valence-electron chi connectivity index (χ1n) is 6.40. The molecule has 0 unspecified atom stereocenters. The standard InChI is InChI=1S/C15H13N3O3S/c1-10-5-4-6-11(9-10)14(19)17-15(22)16-12-7-2-3-8-13(12)18(20)21/h2-9H,1H3,(H2,16,17,19,22). The van der Waals surface area contributed by atoms with E-state index in [2.05, 4.69) is 10.6 Å². The fraction of sp³-hybridized carbons (Fsp3) is 0.0667. The van der Waals surface area contributed by atoms with Crippen LogP contribution in [0.3, 0.4) is 0 Å². The van der Waals surface area contributed by atoms with E-state index in [9.17, 15) is 14.9 Å². The van der Waals surface area contributed by atoms with Crippen molar-refractivity contribution in [3.8, 4) is 0 Å². The van der Waals surface area contributed by atoms with Crippen LogP contribution in [0.1, 0.15) is 15.9 Å². The predicted octanol–water partition coefficient (Wildman–Crippen LogP) is 3.03. The third-order valence-corrected chi connectivity index (χ3v) is 3.06. The Morgan fingerprint density at radius 3 is 2.59 bits per heavy atom. The van der Waals surface area contributed by atoms with Gasteiger partial charge in [-0.15, -0.1) is 0 Å². The monoisotopic (exact) mass is 315 g/mol. The number of hydrogen-bond acceptors (Lipinski definition) is 4. The lowest BCUT2D eigenvalue weighted by atomic mass is 10.1. The van der Waals surface area contributed by atoms with E-state index in [0.717, 1.165) is 5.56 Å². The van der Waals surface area contributed by atoms with E-state index in [1.165, 1.54) is 12.1 Å². The molecular formula is C15H13N3O3S. The number of carbonyl (C=O) groups is 1. The number of nitrogens with one attached hydrogen (secondary N) is 2. The highest BCUT2D eigenvalue weighted by atomic mass is 32.1. The van der Waals surface area contributed by atoms with Crippen molar-refractivity contribution in [2.75, 3.05) is 5.32 Å². The van der Waals surface area contributed by atoms with Crippen molar-refractivity contribution in [1.29, 1.82) is 0 Å². The van der Waals surface area contributed by atoms with Crippen LogP contribution in [0.4, 0.5) is 11.4 Å². The van der Waals surface area contributed by atoms with Crippen molar-refractivity contribution < 1.29 is 9.72 Å². The minimum Gasteiger partial charge on any atom is -0.327 e. The number of aryl methyl sites for hydroxylation is 1. The molecule has 0 aliphatic carbocycles. The van der Waals surface area contributed by atoms with Gasteiger partial charge in [0.05, 0.1) is 4.92 Å². The van der Waals surface area contributed by atoms with Gasteiger partial charge in [-0.3, -0.25) is 20.2 Å². The number of nitro groups is 1. The van der Waals surface area contributed by atoms with Crippen molar-refractivity contribution in [1.82, 2.24) is 5.32 Å². The van der Waals surface area contributed by atoms with Crippen molar-refractivity contribution in [3.63, 3.8) is 0 Å².